The van der Waals surface area contributed by atoms with E-state index < -0.39 is 0 Å². The third-order valence-electron chi connectivity index (χ3n) is 8.65. The zero-order valence-corrected chi connectivity index (χ0v) is 23.4. The molecule has 2 fully saturated rings. The third kappa shape index (κ3) is 15.1. The van der Waals surface area contributed by atoms with Crippen molar-refractivity contribution in [3.05, 3.63) is 0 Å². The Labute approximate surface area is 214 Å². The molecule has 1 aliphatic heterocycles. The van der Waals surface area contributed by atoms with E-state index in [4.69, 9.17) is 9.47 Å². The summed E-state index contributed by atoms with van der Waals surface area (Å²) in [4.78, 5) is 0. The van der Waals surface area contributed by atoms with Gasteiger partial charge in [0.25, 0.3) is 0 Å². The first-order valence-corrected chi connectivity index (χ1v) is 16.1. The molecule has 0 atom stereocenters. The van der Waals surface area contributed by atoms with E-state index in [1.807, 2.05) is 0 Å². The molecule has 1 aliphatic carbocycles. The van der Waals surface area contributed by atoms with E-state index in [-0.39, 0.29) is 5.79 Å². The summed E-state index contributed by atoms with van der Waals surface area (Å²) in [5.41, 5.74) is 0. The minimum Gasteiger partial charge on any atom is -0.348 e. The topological polar surface area (TPSA) is 18.5 Å². The zero-order chi connectivity index (χ0) is 24.0. The summed E-state index contributed by atoms with van der Waals surface area (Å²) >= 11 is 0. The summed E-state index contributed by atoms with van der Waals surface area (Å²) < 4.78 is 11.7. The molecule has 1 saturated carbocycles. The van der Waals surface area contributed by atoms with E-state index >= 15 is 0 Å². The molecule has 2 heteroatoms. The van der Waals surface area contributed by atoms with Crippen molar-refractivity contribution in [2.75, 3.05) is 13.2 Å². The van der Waals surface area contributed by atoms with Crippen LogP contribution in [0, 0.1) is 5.92 Å². The van der Waals surface area contributed by atoms with Crippen molar-refractivity contribution in [2.24, 2.45) is 5.92 Å². The first-order valence-electron chi connectivity index (χ1n) is 16.1. The normalized spacial score (nSPS) is 18.3. The van der Waals surface area contributed by atoms with E-state index in [0.29, 0.717) is 0 Å². The Morgan fingerprint density at radius 3 is 1.15 bits per heavy atom. The predicted molar refractivity (Wildman–Crippen MR) is 148 cm³/mol. The van der Waals surface area contributed by atoms with Gasteiger partial charge in [0.1, 0.15) is 0 Å². The van der Waals surface area contributed by atoms with Gasteiger partial charge >= 0.3 is 0 Å². The minimum atomic E-state index is -0.164. The van der Waals surface area contributed by atoms with Crippen LogP contribution in [0.25, 0.3) is 0 Å². The van der Waals surface area contributed by atoms with E-state index in [2.05, 4.69) is 6.92 Å². The van der Waals surface area contributed by atoms with Gasteiger partial charge in [-0.15, -0.1) is 0 Å². The van der Waals surface area contributed by atoms with Crippen LogP contribution < -0.4 is 0 Å². The van der Waals surface area contributed by atoms with Crippen LogP contribution in [-0.2, 0) is 9.47 Å². The average Bonchev–Trinajstić information content (AvgIpc) is 3.31. The van der Waals surface area contributed by atoms with Crippen LogP contribution in [-0.4, -0.2) is 19.0 Å². The molecule has 2 nitrogen and oxygen atoms in total. The molecule has 2 aliphatic rings. The first-order chi connectivity index (χ1) is 16.8. The molecule has 1 saturated heterocycles. The standard InChI is InChI=1S/C32H62O2/c1-2-3-4-5-6-7-8-9-10-11-12-13-14-15-16-17-18-19-20-21-22-23-24-31-25-27-32(28-26-31)33-29-30-34-32/h31H,2-30H2,1H3. The third-order valence-corrected chi connectivity index (χ3v) is 8.65. The minimum absolute atomic E-state index is 0.164. The molecule has 202 valence electrons. The van der Waals surface area contributed by atoms with E-state index in [1.165, 1.54) is 161 Å². The largest absolute Gasteiger partial charge is 0.348 e. The smallest absolute Gasteiger partial charge is 0.168 e. The Hall–Kier alpha value is -0.0800. The molecule has 0 bridgehead atoms. The van der Waals surface area contributed by atoms with Crippen LogP contribution in [0.5, 0.6) is 0 Å². The molecule has 1 spiro atoms. The van der Waals surface area contributed by atoms with Crippen LogP contribution in [0.4, 0.5) is 0 Å². The Bertz CT molecular complexity index is 419. The predicted octanol–water partition coefficient (Wildman–Crippen LogP) is 10.9. The van der Waals surface area contributed by atoms with Crippen LogP contribution in [0.2, 0.25) is 0 Å². The highest BCUT2D eigenvalue weighted by Gasteiger charge is 2.39. The fraction of sp³-hybridized carbons (Fsp3) is 1.00. The van der Waals surface area contributed by atoms with Crippen molar-refractivity contribution in [3.63, 3.8) is 0 Å². The molecular formula is C32H62O2. The van der Waals surface area contributed by atoms with E-state index in [0.717, 1.165) is 32.0 Å². The summed E-state index contributed by atoms with van der Waals surface area (Å²) in [6, 6.07) is 0. The fourth-order valence-electron chi connectivity index (χ4n) is 6.23. The highest BCUT2D eigenvalue weighted by molar-refractivity contribution is 4.82. The number of hydrogen-bond donors (Lipinski definition) is 0. The van der Waals surface area contributed by atoms with Gasteiger partial charge < -0.3 is 9.47 Å². The molecule has 0 radical (unpaired) electrons. The lowest BCUT2D eigenvalue weighted by molar-refractivity contribution is -0.182. The summed E-state index contributed by atoms with van der Waals surface area (Å²) in [6.07, 6.45) is 38.7. The summed E-state index contributed by atoms with van der Waals surface area (Å²) in [5.74, 6) is 0.770. The maximum atomic E-state index is 5.86. The number of unbranched alkanes of at least 4 members (excludes halogenated alkanes) is 21. The molecule has 0 N–H and O–H groups in total. The van der Waals surface area contributed by atoms with E-state index in [9.17, 15) is 0 Å². The maximum Gasteiger partial charge on any atom is 0.168 e. The first kappa shape index (κ1) is 30.1. The highest BCUT2D eigenvalue weighted by Crippen LogP contribution is 2.39. The second kappa shape index (κ2) is 21.0. The summed E-state index contributed by atoms with van der Waals surface area (Å²) in [6.45, 7) is 3.92. The van der Waals surface area contributed by atoms with Gasteiger partial charge in [0.2, 0.25) is 0 Å². The van der Waals surface area contributed by atoms with Gasteiger partial charge in [0, 0.05) is 12.8 Å². The summed E-state index contributed by atoms with van der Waals surface area (Å²) in [7, 11) is 0. The Balaban J connectivity index is 1.20. The average molecular weight is 479 g/mol. The molecule has 0 aromatic heterocycles. The van der Waals surface area contributed by atoms with E-state index in [1.54, 1.807) is 0 Å². The summed E-state index contributed by atoms with van der Waals surface area (Å²) in [5, 5.41) is 0. The van der Waals surface area contributed by atoms with Gasteiger partial charge in [-0.2, -0.15) is 0 Å². The fourth-order valence-corrected chi connectivity index (χ4v) is 6.23. The second-order valence-corrected chi connectivity index (χ2v) is 11.8. The lowest BCUT2D eigenvalue weighted by Crippen LogP contribution is -2.35. The van der Waals surface area contributed by atoms with Gasteiger partial charge in [-0.25, -0.2) is 0 Å². The van der Waals surface area contributed by atoms with Gasteiger partial charge in [-0.3, -0.25) is 0 Å². The highest BCUT2D eigenvalue weighted by atomic mass is 16.7. The molecule has 0 aromatic carbocycles. The molecule has 2 rings (SSSR count). The molecule has 0 unspecified atom stereocenters. The molecule has 1 heterocycles. The molecule has 0 amide bonds. The van der Waals surface area contributed by atoms with Crippen molar-refractivity contribution in [1.29, 1.82) is 0 Å². The SMILES string of the molecule is CCCCCCCCCCCCCCCCCCCCCCCCC1CCC2(CC1)OCCO2. The second-order valence-electron chi connectivity index (χ2n) is 11.8. The van der Waals surface area contributed by atoms with Crippen LogP contribution >= 0.6 is 0 Å². The Kier molecular flexibility index (Phi) is 18.7. The number of hydrogen-bond acceptors (Lipinski definition) is 2. The lowest BCUT2D eigenvalue weighted by atomic mass is 9.82. The molecule has 34 heavy (non-hydrogen) atoms. The monoisotopic (exact) mass is 478 g/mol. The van der Waals surface area contributed by atoms with Crippen LogP contribution in [0.3, 0.4) is 0 Å². The van der Waals surface area contributed by atoms with Crippen LogP contribution in [0.1, 0.15) is 180 Å². The van der Waals surface area contributed by atoms with Crippen molar-refractivity contribution in [1.82, 2.24) is 0 Å². The van der Waals surface area contributed by atoms with Crippen molar-refractivity contribution >= 4 is 0 Å². The zero-order valence-electron chi connectivity index (χ0n) is 23.4. The lowest BCUT2D eigenvalue weighted by Gasteiger charge is -2.35. The Morgan fingerprint density at radius 1 is 0.471 bits per heavy atom. The van der Waals surface area contributed by atoms with Gasteiger partial charge in [-0.1, -0.05) is 155 Å². The van der Waals surface area contributed by atoms with Gasteiger partial charge in [-0.05, 0) is 18.8 Å². The van der Waals surface area contributed by atoms with Crippen molar-refractivity contribution in [3.8, 4) is 0 Å². The number of ether oxygens (including phenoxy) is 2. The van der Waals surface area contributed by atoms with Gasteiger partial charge in [0.15, 0.2) is 5.79 Å². The molecule has 0 aromatic rings. The van der Waals surface area contributed by atoms with Crippen molar-refractivity contribution < 1.29 is 9.47 Å². The quantitative estimate of drug-likeness (QED) is 0.136. The maximum absolute atomic E-state index is 5.86. The Morgan fingerprint density at radius 2 is 0.794 bits per heavy atom. The van der Waals surface area contributed by atoms with Gasteiger partial charge in [0.05, 0.1) is 13.2 Å². The van der Waals surface area contributed by atoms with Crippen molar-refractivity contribution in [2.45, 2.75) is 186 Å². The molecular weight excluding hydrogens is 416 g/mol. The number of rotatable bonds is 23. The van der Waals surface area contributed by atoms with Crippen LogP contribution in [0.15, 0.2) is 0 Å².